The molecule has 33 heavy (non-hydrogen) atoms. The summed E-state index contributed by atoms with van der Waals surface area (Å²) in [4.78, 5) is 38.0. The highest BCUT2D eigenvalue weighted by molar-refractivity contribution is 7.89. The molecule has 2 N–H and O–H groups in total. The van der Waals surface area contributed by atoms with Crippen LogP contribution in [0, 0.1) is 12.3 Å². The fourth-order valence-corrected chi connectivity index (χ4v) is 5.57. The first-order chi connectivity index (χ1) is 15.8. The predicted octanol–water partition coefficient (Wildman–Crippen LogP) is 2.12. The van der Waals surface area contributed by atoms with Gasteiger partial charge in [0.05, 0.1) is 29.2 Å². The number of anilines is 1. The standard InChI is InChI=1S/C22H22N2O7S2/c1-3-11-23-33(28,29)15-8-5-7-14(12-15)21(26)31-13-18(25)24-20-19(22(27)30-4-2)16-9-6-10-17(16)32-20/h1,5,7-8,12,23H,4,6,9-11,13H2,2H3,(H,24,25). The summed E-state index contributed by atoms with van der Waals surface area (Å²) in [6, 6.07) is 5.17. The van der Waals surface area contributed by atoms with Crippen molar-refractivity contribution in [2.75, 3.05) is 25.1 Å². The van der Waals surface area contributed by atoms with Gasteiger partial charge in [-0.3, -0.25) is 4.79 Å². The van der Waals surface area contributed by atoms with Crippen molar-refractivity contribution in [3.8, 4) is 12.3 Å². The largest absolute Gasteiger partial charge is 0.462 e. The van der Waals surface area contributed by atoms with E-state index in [1.165, 1.54) is 29.5 Å². The Morgan fingerprint density at radius 1 is 1.18 bits per heavy atom. The van der Waals surface area contributed by atoms with Crippen LogP contribution in [0.5, 0.6) is 0 Å². The summed E-state index contributed by atoms with van der Waals surface area (Å²) < 4.78 is 36.7. The van der Waals surface area contributed by atoms with Gasteiger partial charge in [-0.05, 0) is 49.9 Å². The number of thiophene rings is 1. The normalized spacial score (nSPS) is 12.5. The summed E-state index contributed by atoms with van der Waals surface area (Å²) in [5, 5.41) is 2.99. The van der Waals surface area contributed by atoms with E-state index in [4.69, 9.17) is 15.9 Å². The number of fused-ring (bicyclic) bond motifs is 1. The summed E-state index contributed by atoms with van der Waals surface area (Å²) in [5.74, 6) is 0.152. The Labute approximate surface area is 195 Å². The Kier molecular flexibility index (Phi) is 7.86. The van der Waals surface area contributed by atoms with Crippen LogP contribution in [0.2, 0.25) is 0 Å². The minimum Gasteiger partial charge on any atom is -0.462 e. The molecule has 1 heterocycles. The van der Waals surface area contributed by atoms with E-state index in [-0.39, 0.29) is 23.6 Å². The van der Waals surface area contributed by atoms with E-state index < -0.39 is 34.5 Å². The summed E-state index contributed by atoms with van der Waals surface area (Å²) in [5.41, 5.74) is 1.20. The molecule has 1 aromatic heterocycles. The molecule has 0 radical (unpaired) electrons. The van der Waals surface area contributed by atoms with Gasteiger partial charge in [0.25, 0.3) is 5.91 Å². The average molecular weight is 491 g/mol. The molecule has 1 aliphatic carbocycles. The van der Waals surface area contributed by atoms with E-state index in [1.54, 1.807) is 6.92 Å². The van der Waals surface area contributed by atoms with E-state index in [1.807, 2.05) is 0 Å². The zero-order valence-corrected chi connectivity index (χ0v) is 19.4. The summed E-state index contributed by atoms with van der Waals surface area (Å²) in [6.07, 6.45) is 7.56. The van der Waals surface area contributed by atoms with Crippen LogP contribution in [0.3, 0.4) is 0 Å². The van der Waals surface area contributed by atoms with Gasteiger partial charge in [0.1, 0.15) is 5.00 Å². The highest BCUT2D eigenvalue weighted by Crippen LogP contribution is 2.39. The van der Waals surface area contributed by atoms with Crippen molar-refractivity contribution in [3.05, 3.63) is 45.8 Å². The number of amides is 1. The first kappa shape index (κ1) is 24.4. The number of rotatable bonds is 9. The van der Waals surface area contributed by atoms with Gasteiger partial charge in [-0.15, -0.1) is 17.8 Å². The smallest absolute Gasteiger partial charge is 0.341 e. The van der Waals surface area contributed by atoms with E-state index in [0.29, 0.717) is 10.6 Å². The fourth-order valence-electron chi connectivity index (χ4n) is 3.30. The molecule has 0 bridgehead atoms. The van der Waals surface area contributed by atoms with Crippen LogP contribution in [0.25, 0.3) is 0 Å². The van der Waals surface area contributed by atoms with Crippen molar-refractivity contribution in [2.45, 2.75) is 31.1 Å². The summed E-state index contributed by atoms with van der Waals surface area (Å²) >= 11 is 1.31. The van der Waals surface area contributed by atoms with Crippen molar-refractivity contribution in [1.29, 1.82) is 0 Å². The van der Waals surface area contributed by atoms with E-state index in [0.717, 1.165) is 35.8 Å². The number of benzene rings is 1. The van der Waals surface area contributed by atoms with E-state index in [2.05, 4.69) is 16.0 Å². The Bertz CT molecular complexity index is 1230. The third kappa shape index (κ3) is 5.78. The number of carbonyl (C=O) groups excluding carboxylic acids is 3. The Morgan fingerprint density at radius 3 is 2.70 bits per heavy atom. The molecule has 0 saturated heterocycles. The van der Waals surface area contributed by atoms with Crippen molar-refractivity contribution >= 4 is 44.2 Å². The van der Waals surface area contributed by atoms with Gasteiger partial charge < -0.3 is 14.8 Å². The Hall–Kier alpha value is -3.20. The summed E-state index contributed by atoms with van der Waals surface area (Å²) in [6.45, 7) is 1.10. The van der Waals surface area contributed by atoms with Crippen molar-refractivity contribution in [2.24, 2.45) is 0 Å². The molecule has 11 heteroatoms. The van der Waals surface area contributed by atoms with Crippen LogP contribution >= 0.6 is 11.3 Å². The maximum absolute atomic E-state index is 12.4. The second-order valence-corrected chi connectivity index (χ2v) is 9.83. The molecule has 0 spiro atoms. The number of hydrogen-bond acceptors (Lipinski definition) is 8. The lowest BCUT2D eigenvalue weighted by molar-refractivity contribution is -0.119. The second kappa shape index (κ2) is 10.6. The lowest BCUT2D eigenvalue weighted by Crippen LogP contribution is -2.24. The molecule has 3 rings (SSSR count). The van der Waals surface area contributed by atoms with Crippen LogP contribution in [-0.2, 0) is 37.1 Å². The van der Waals surface area contributed by atoms with Crippen LogP contribution in [-0.4, -0.2) is 46.0 Å². The number of nitrogens with one attached hydrogen (secondary N) is 2. The first-order valence-electron chi connectivity index (χ1n) is 10.1. The van der Waals surface area contributed by atoms with Crippen molar-refractivity contribution in [1.82, 2.24) is 4.72 Å². The molecule has 1 amide bonds. The maximum Gasteiger partial charge on any atom is 0.341 e. The van der Waals surface area contributed by atoms with E-state index in [9.17, 15) is 22.8 Å². The van der Waals surface area contributed by atoms with Gasteiger partial charge in [0.15, 0.2) is 6.61 Å². The molecule has 1 aliphatic rings. The molecule has 0 fully saturated rings. The highest BCUT2D eigenvalue weighted by Gasteiger charge is 2.28. The number of ether oxygens (including phenoxy) is 2. The number of carbonyl (C=O) groups is 3. The number of hydrogen-bond donors (Lipinski definition) is 2. The SMILES string of the molecule is C#CCNS(=O)(=O)c1cccc(C(=O)OCC(=O)Nc2sc3c(c2C(=O)OCC)CCC3)c1. The number of esters is 2. The third-order valence-electron chi connectivity index (χ3n) is 4.73. The lowest BCUT2D eigenvalue weighted by atomic mass is 10.1. The number of aryl methyl sites for hydroxylation is 1. The number of sulfonamides is 1. The molecule has 0 aliphatic heterocycles. The molecule has 0 unspecified atom stereocenters. The molecule has 2 aromatic rings. The minimum absolute atomic E-state index is 0.0475. The van der Waals surface area contributed by atoms with Gasteiger partial charge in [-0.25, -0.2) is 18.0 Å². The second-order valence-electron chi connectivity index (χ2n) is 6.96. The van der Waals surface area contributed by atoms with Gasteiger partial charge in [0, 0.05) is 4.88 Å². The van der Waals surface area contributed by atoms with Crippen molar-refractivity contribution < 1.29 is 32.3 Å². The van der Waals surface area contributed by atoms with Crippen LogP contribution < -0.4 is 10.0 Å². The van der Waals surface area contributed by atoms with Gasteiger partial charge in [-0.2, -0.15) is 4.72 Å². The molecule has 0 atom stereocenters. The van der Waals surface area contributed by atoms with Gasteiger partial charge >= 0.3 is 11.9 Å². The van der Waals surface area contributed by atoms with E-state index >= 15 is 0 Å². The monoisotopic (exact) mass is 490 g/mol. The van der Waals surface area contributed by atoms with Gasteiger partial charge in [0.2, 0.25) is 10.0 Å². The van der Waals surface area contributed by atoms with Crippen LogP contribution in [0.15, 0.2) is 29.2 Å². The minimum atomic E-state index is -3.89. The molecule has 1 aromatic carbocycles. The van der Waals surface area contributed by atoms with Crippen LogP contribution in [0.4, 0.5) is 5.00 Å². The number of terminal acetylenes is 1. The molecule has 0 saturated carbocycles. The maximum atomic E-state index is 12.4. The fraction of sp³-hybridized carbons (Fsp3) is 0.318. The topological polar surface area (TPSA) is 128 Å². The van der Waals surface area contributed by atoms with Crippen molar-refractivity contribution in [3.63, 3.8) is 0 Å². The first-order valence-corrected chi connectivity index (χ1v) is 12.4. The predicted molar refractivity (Wildman–Crippen MR) is 122 cm³/mol. The third-order valence-corrected chi connectivity index (χ3v) is 7.34. The Morgan fingerprint density at radius 2 is 1.97 bits per heavy atom. The molecular weight excluding hydrogens is 468 g/mol. The molecular formula is C22H22N2O7S2. The zero-order valence-electron chi connectivity index (χ0n) is 17.8. The van der Waals surface area contributed by atoms with Gasteiger partial charge in [-0.1, -0.05) is 12.0 Å². The summed E-state index contributed by atoms with van der Waals surface area (Å²) in [7, 11) is -3.89. The molecule has 174 valence electrons. The lowest BCUT2D eigenvalue weighted by Gasteiger charge is -2.09. The zero-order chi connectivity index (χ0) is 24.0. The average Bonchev–Trinajstić information content (AvgIpc) is 3.37. The Balaban J connectivity index is 1.66. The van der Waals surface area contributed by atoms with Crippen LogP contribution in [0.1, 0.15) is 44.5 Å². The quantitative estimate of drug-likeness (QED) is 0.407. The highest BCUT2D eigenvalue weighted by atomic mass is 32.2. The molecule has 9 nitrogen and oxygen atoms in total.